The van der Waals surface area contributed by atoms with Gasteiger partial charge in [-0.2, -0.15) is 0 Å². The lowest BCUT2D eigenvalue weighted by Gasteiger charge is -2.23. The zero-order chi connectivity index (χ0) is 26.2. The van der Waals surface area contributed by atoms with Crippen LogP contribution in [0.25, 0.3) is 33.5 Å². The van der Waals surface area contributed by atoms with Gasteiger partial charge < -0.3 is 0 Å². The van der Waals surface area contributed by atoms with Gasteiger partial charge in [-0.15, -0.1) is 0 Å². The van der Waals surface area contributed by atoms with Crippen LogP contribution in [0.15, 0.2) is 66.9 Å². The molecule has 0 bridgehead atoms. The molecule has 0 radical (unpaired) electrons. The lowest BCUT2D eigenvalue weighted by atomic mass is 9.81. The summed E-state index contributed by atoms with van der Waals surface area (Å²) in [6, 6.07) is 22.1. The van der Waals surface area contributed by atoms with E-state index in [1.165, 1.54) is 55.6 Å². The maximum atomic E-state index is 4.66. The van der Waals surface area contributed by atoms with Crippen molar-refractivity contribution in [3.05, 3.63) is 100 Å². The number of pyridine rings is 1. The van der Waals surface area contributed by atoms with Crippen molar-refractivity contribution in [3.63, 3.8) is 0 Å². The Hall–Kier alpha value is -3.19. The summed E-state index contributed by atoms with van der Waals surface area (Å²) in [7, 11) is 0. The highest BCUT2D eigenvalue weighted by Crippen LogP contribution is 2.40. The van der Waals surface area contributed by atoms with Gasteiger partial charge in [0, 0.05) is 11.8 Å². The third-order valence-corrected chi connectivity index (χ3v) is 7.71. The molecule has 0 aliphatic rings. The summed E-state index contributed by atoms with van der Waals surface area (Å²) in [5.41, 5.74) is 16.0. The first-order valence-corrected chi connectivity index (χ1v) is 13.2. The number of nitrogens with zero attached hydrogens (tertiary/aromatic N) is 1. The molecule has 36 heavy (non-hydrogen) atoms. The molecule has 1 nitrogen and oxygen atoms in total. The standard InChI is InChI=1S/C35H41N/c1-22(2)20-32-23(3)25(5)34(26(6)24(32)4)31-13-11-10-12-30(31)27-14-16-28(17-15-27)33-21-29(18-19-36-33)35(7,8)9/h10-19,21-22H,20H2,1-9H3. The molecule has 0 amide bonds. The van der Waals surface area contributed by atoms with Gasteiger partial charge in [0.25, 0.3) is 0 Å². The van der Waals surface area contributed by atoms with Gasteiger partial charge in [-0.25, -0.2) is 0 Å². The zero-order valence-electron chi connectivity index (χ0n) is 23.6. The quantitative estimate of drug-likeness (QED) is 0.280. The smallest absolute Gasteiger partial charge is 0.0704 e. The average molecular weight is 476 g/mol. The number of benzene rings is 3. The van der Waals surface area contributed by atoms with E-state index in [0.29, 0.717) is 5.92 Å². The third-order valence-electron chi connectivity index (χ3n) is 7.71. The summed E-state index contributed by atoms with van der Waals surface area (Å²) < 4.78 is 0. The van der Waals surface area contributed by atoms with Gasteiger partial charge in [-0.3, -0.25) is 4.98 Å². The molecule has 0 aliphatic carbocycles. The van der Waals surface area contributed by atoms with Crippen molar-refractivity contribution in [3.8, 4) is 33.5 Å². The van der Waals surface area contributed by atoms with Gasteiger partial charge in [-0.05, 0) is 113 Å². The van der Waals surface area contributed by atoms with Crippen LogP contribution in [0.3, 0.4) is 0 Å². The molecular formula is C35H41N. The molecule has 0 saturated heterocycles. The molecule has 0 saturated carbocycles. The Bertz CT molecular complexity index is 1350. The Morgan fingerprint density at radius 3 is 1.81 bits per heavy atom. The van der Waals surface area contributed by atoms with E-state index < -0.39 is 0 Å². The molecule has 1 heterocycles. The van der Waals surface area contributed by atoms with Crippen LogP contribution in [-0.4, -0.2) is 4.98 Å². The fraction of sp³-hybridized carbons (Fsp3) is 0.343. The van der Waals surface area contributed by atoms with Gasteiger partial charge in [0.05, 0.1) is 5.69 Å². The summed E-state index contributed by atoms with van der Waals surface area (Å²) >= 11 is 0. The normalized spacial score (nSPS) is 11.8. The minimum atomic E-state index is 0.104. The highest BCUT2D eigenvalue weighted by atomic mass is 14.7. The van der Waals surface area contributed by atoms with Crippen LogP contribution in [0.1, 0.15) is 68.0 Å². The van der Waals surface area contributed by atoms with Gasteiger partial charge in [0.15, 0.2) is 0 Å². The lowest BCUT2D eigenvalue weighted by Crippen LogP contribution is -2.11. The van der Waals surface area contributed by atoms with Gasteiger partial charge in [-0.1, -0.05) is 83.1 Å². The largest absolute Gasteiger partial charge is 0.256 e. The Morgan fingerprint density at radius 1 is 0.694 bits per heavy atom. The SMILES string of the molecule is Cc1c(C)c(-c2ccccc2-c2ccc(-c3cc(C(C)(C)C)ccn3)cc2)c(C)c(C)c1CC(C)C. The molecule has 0 N–H and O–H groups in total. The number of hydrogen-bond donors (Lipinski definition) is 0. The summed E-state index contributed by atoms with van der Waals surface area (Å²) in [5, 5.41) is 0. The van der Waals surface area contributed by atoms with Crippen LogP contribution in [0.4, 0.5) is 0 Å². The molecule has 0 atom stereocenters. The molecule has 4 rings (SSSR count). The van der Waals surface area contributed by atoms with Gasteiger partial charge >= 0.3 is 0 Å². The fourth-order valence-electron chi connectivity index (χ4n) is 5.34. The molecular weight excluding hydrogens is 434 g/mol. The van der Waals surface area contributed by atoms with Gasteiger partial charge in [0.2, 0.25) is 0 Å². The van der Waals surface area contributed by atoms with Crippen LogP contribution < -0.4 is 0 Å². The van der Waals surface area contributed by atoms with E-state index in [4.69, 9.17) is 0 Å². The van der Waals surface area contributed by atoms with Crippen molar-refractivity contribution >= 4 is 0 Å². The maximum Gasteiger partial charge on any atom is 0.0704 e. The van der Waals surface area contributed by atoms with E-state index >= 15 is 0 Å². The Morgan fingerprint density at radius 2 is 1.25 bits per heavy atom. The number of hydrogen-bond acceptors (Lipinski definition) is 1. The lowest BCUT2D eigenvalue weighted by molar-refractivity contribution is 0.589. The molecule has 3 aromatic carbocycles. The maximum absolute atomic E-state index is 4.66. The average Bonchev–Trinajstić information content (AvgIpc) is 2.85. The highest BCUT2D eigenvalue weighted by Gasteiger charge is 2.19. The second kappa shape index (κ2) is 10.1. The van der Waals surface area contributed by atoms with Crippen LogP contribution in [-0.2, 0) is 11.8 Å². The Labute approximate surface area is 218 Å². The predicted molar refractivity (Wildman–Crippen MR) is 157 cm³/mol. The number of rotatable bonds is 5. The van der Waals surface area contributed by atoms with Crippen molar-refractivity contribution in [2.45, 2.75) is 74.1 Å². The molecule has 4 aromatic rings. The van der Waals surface area contributed by atoms with Crippen molar-refractivity contribution in [2.75, 3.05) is 0 Å². The van der Waals surface area contributed by atoms with E-state index in [1.807, 2.05) is 6.20 Å². The third kappa shape index (κ3) is 5.03. The van der Waals surface area contributed by atoms with Crippen LogP contribution in [0.5, 0.6) is 0 Å². The topological polar surface area (TPSA) is 12.9 Å². The van der Waals surface area contributed by atoms with Crippen molar-refractivity contribution < 1.29 is 0 Å². The van der Waals surface area contributed by atoms with Crippen LogP contribution in [0, 0.1) is 33.6 Å². The van der Waals surface area contributed by atoms with Crippen molar-refractivity contribution in [1.29, 1.82) is 0 Å². The summed E-state index contributed by atoms with van der Waals surface area (Å²) in [6.45, 7) is 20.6. The molecule has 1 heteroatoms. The minimum Gasteiger partial charge on any atom is -0.256 e. The minimum absolute atomic E-state index is 0.104. The van der Waals surface area contributed by atoms with E-state index in [-0.39, 0.29) is 5.41 Å². The Balaban J connectivity index is 1.79. The number of aromatic nitrogens is 1. The van der Waals surface area contributed by atoms with Crippen LogP contribution >= 0.6 is 0 Å². The summed E-state index contributed by atoms with van der Waals surface area (Å²) in [5.74, 6) is 0.649. The molecule has 0 fully saturated rings. The second-order valence-corrected chi connectivity index (χ2v) is 11.8. The predicted octanol–water partition coefficient (Wildman–Crippen LogP) is 9.81. The summed E-state index contributed by atoms with van der Waals surface area (Å²) in [4.78, 5) is 4.66. The monoisotopic (exact) mass is 475 g/mol. The van der Waals surface area contributed by atoms with Crippen molar-refractivity contribution in [1.82, 2.24) is 4.98 Å². The first kappa shape index (κ1) is 25.9. The molecule has 186 valence electrons. The first-order chi connectivity index (χ1) is 17.0. The first-order valence-electron chi connectivity index (χ1n) is 13.2. The fourth-order valence-corrected chi connectivity index (χ4v) is 5.34. The summed E-state index contributed by atoms with van der Waals surface area (Å²) in [6.07, 6.45) is 3.06. The van der Waals surface area contributed by atoms with Crippen LogP contribution in [0.2, 0.25) is 0 Å². The molecule has 0 unspecified atom stereocenters. The zero-order valence-corrected chi connectivity index (χ0v) is 23.6. The van der Waals surface area contributed by atoms with Gasteiger partial charge in [0.1, 0.15) is 0 Å². The molecule has 0 aliphatic heterocycles. The van der Waals surface area contributed by atoms with Crippen molar-refractivity contribution in [2.24, 2.45) is 5.92 Å². The Kier molecular flexibility index (Phi) is 7.23. The molecule has 0 spiro atoms. The van der Waals surface area contributed by atoms with E-state index in [9.17, 15) is 0 Å². The van der Waals surface area contributed by atoms with E-state index in [1.54, 1.807) is 0 Å². The second-order valence-electron chi connectivity index (χ2n) is 11.8. The highest BCUT2D eigenvalue weighted by molar-refractivity contribution is 5.88. The van der Waals surface area contributed by atoms with E-state index in [0.717, 1.165) is 17.7 Å². The molecule has 1 aromatic heterocycles. The van der Waals surface area contributed by atoms with E-state index in [2.05, 4.69) is 128 Å².